The van der Waals surface area contributed by atoms with E-state index in [1.807, 2.05) is 43.3 Å². The fourth-order valence-electron chi connectivity index (χ4n) is 1.60. The van der Waals surface area contributed by atoms with Crippen molar-refractivity contribution < 1.29 is 4.42 Å². The Morgan fingerprint density at radius 3 is 2.89 bits per heavy atom. The zero-order valence-electron chi connectivity index (χ0n) is 10.3. The third kappa shape index (κ3) is 2.79. The Hall–Kier alpha value is -2.21. The van der Waals surface area contributed by atoms with E-state index in [4.69, 9.17) is 4.42 Å². The standard InChI is InChI=1S/C13H12N4OS/c1-9-5-2-3-6-10(9)14-12-15-13(17-16-12)19-11-7-4-8-18-11/h2-8H,1H3,(H2,14,15,16,17). The molecule has 0 atom stereocenters. The second-order valence-corrected chi connectivity index (χ2v) is 4.91. The summed E-state index contributed by atoms with van der Waals surface area (Å²) in [5, 5.41) is 11.6. The highest BCUT2D eigenvalue weighted by Crippen LogP contribution is 2.26. The quantitative estimate of drug-likeness (QED) is 0.759. The van der Waals surface area contributed by atoms with Crippen molar-refractivity contribution in [1.29, 1.82) is 0 Å². The van der Waals surface area contributed by atoms with Crippen molar-refractivity contribution in [2.45, 2.75) is 17.2 Å². The van der Waals surface area contributed by atoms with Crippen LogP contribution in [-0.2, 0) is 0 Å². The molecule has 5 nitrogen and oxygen atoms in total. The molecule has 0 aliphatic carbocycles. The number of para-hydroxylation sites is 1. The van der Waals surface area contributed by atoms with Crippen LogP contribution in [0.3, 0.4) is 0 Å². The largest absolute Gasteiger partial charge is 0.458 e. The van der Waals surface area contributed by atoms with Crippen molar-refractivity contribution in [2.24, 2.45) is 0 Å². The first-order valence-electron chi connectivity index (χ1n) is 5.78. The minimum absolute atomic E-state index is 0.614. The summed E-state index contributed by atoms with van der Waals surface area (Å²) >= 11 is 1.37. The van der Waals surface area contributed by atoms with E-state index >= 15 is 0 Å². The highest BCUT2D eigenvalue weighted by molar-refractivity contribution is 7.99. The summed E-state index contributed by atoms with van der Waals surface area (Å²) in [6.45, 7) is 2.04. The van der Waals surface area contributed by atoms with Gasteiger partial charge >= 0.3 is 0 Å². The molecule has 2 N–H and O–H groups in total. The van der Waals surface area contributed by atoms with E-state index < -0.39 is 0 Å². The molecule has 3 aromatic rings. The molecule has 6 heteroatoms. The fourth-order valence-corrected chi connectivity index (χ4v) is 2.26. The number of aryl methyl sites for hydroxylation is 1. The molecule has 0 amide bonds. The second kappa shape index (κ2) is 5.19. The summed E-state index contributed by atoms with van der Waals surface area (Å²) in [6.07, 6.45) is 1.63. The van der Waals surface area contributed by atoms with Crippen molar-refractivity contribution in [3.8, 4) is 0 Å². The van der Waals surface area contributed by atoms with Gasteiger partial charge in [-0.1, -0.05) is 18.2 Å². The number of nitrogens with one attached hydrogen (secondary N) is 2. The second-order valence-electron chi connectivity index (χ2n) is 3.94. The van der Waals surface area contributed by atoms with E-state index in [0.717, 1.165) is 16.3 Å². The summed E-state index contributed by atoms with van der Waals surface area (Å²) in [5.41, 5.74) is 2.16. The van der Waals surface area contributed by atoms with Gasteiger partial charge in [-0.3, -0.25) is 0 Å². The summed E-state index contributed by atoms with van der Waals surface area (Å²) in [5.74, 6) is 0.614. The van der Waals surface area contributed by atoms with Gasteiger partial charge in [0.15, 0.2) is 5.09 Å². The van der Waals surface area contributed by atoms with Crippen LogP contribution in [0.5, 0.6) is 0 Å². The first-order valence-corrected chi connectivity index (χ1v) is 6.59. The molecule has 0 unspecified atom stereocenters. The molecule has 0 saturated heterocycles. The molecule has 96 valence electrons. The average molecular weight is 272 g/mol. The average Bonchev–Trinajstić information content (AvgIpc) is 3.05. The molecule has 0 fully saturated rings. The molecule has 0 bridgehead atoms. The van der Waals surface area contributed by atoms with Gasteiger partial charge in [0.05, 0.1) is 6.26 Å². The van der Waals surface area contributed by atoms with Gasteiger partial charge in [-0.25, -0.2) is 5.10 Å². The molecule has 0 aliphatic heterocycles. The summed E-state index contributed by atoms with van der Waals surface area (Å²) in [4.78, 5) is 4.35. The Bertz CT molecular complexity index is 663. The number of aromatic nitrogens is 3. The molecule has 19 heavy (non-hydrogen) atoms. The van der Waals surface area contributed by atoms with Gasteiger partial charge in [0.2, 0.25) is 11.1 Å². The normalized spacial score (nSPS) is 10.6. The van der Waals surface area contributed by atoms with Crippen LogP contribution in [0.25, 0.3) is 0 Å². The number of anilines is 2. The van der Waals surface area contributed by atoms with Crippen molar-refractivity contribution in [1.82, 2.24) is 15.2 Å². The number of aromatic amines is 1. The van der Waals surface area contributed by atoms with Crippen molar-refractivity contribution >= 4 is 23.4 Å². The van der Waals surface area contributed by atoms with Crippen LogP contribution in [-0.4, -0.2) is 15.2 Å². The zero-order chi connectivity index (χ0) is 13.1. The SMILES string of the molecule is Cc1ccccc1Nc1nc(Sc2ccco2)n[nH]1. The maximum absolute atomic E-state index is 5.23. The number of hydrogen-bond donors (Lipinski definition) is 2. The van der Waals surface area contributed by atoms with Crippen LogP contribution in [0.2, 0.25) is 0 Å². The maximum Gasteiger partial charge on any atom is 0.224 e. The van der Waals surface area contributed by atoms with Gasteiger partial charge in [0.1, 0.15) is 0 Å². The van der Waals surface area contributed by atoms with Crippen LogP contribution < -0.4 is 5.32 Å². The predicted octanol–water partition coefficient (Wildman–Crippen LogP) is 3.60. The Morgan fingerprint density at radius 1 is 1.21 bits per heavy atom. The molecule has 0 aliphatic rings. The molecule has 0 radical (unpaired) electrons. The molecular weight excluding hydrogens is 260 g/mol. The molecule has 1 aromatic carbocycles. The lowest BCUT2D eigenvalue weighted by atomic mass is 10.2. The summed E-state index contributed by atoms with van der Waals surface area (Å²) in [7, 11) is 0. The number of hydrogen-bond acceptors (Lipinski definition) is 5. The molecule has 3 rings (SSSR count). The maximum atomic E-state index is 5.23. The smallest absolute Gasteiger partial charge is 0.224 e. The van der Waals surface area contributed by atoms with Crippen LogP contribution >= 0.6 is 11.8 Å². The Morgan fingerprint density at radius 2 is 2.11 bits per heavy atom. The minimum atomic E-state index is 0.614. The van der Waals surface area contributed by atoms with Crippen LogP contribution in [0, 0.1) is 6.92 Å². The number of rotatable bonds is 4. The van der Waals surface area contributed by atoms with Crippen LogP contribution in [0.4, 0.5) is 11.6 Å². The van der Waals surface area contributed by atoms with Gasteiger partial charge in [0, 0.05) is 5.69 Å². The fraction of sp³-hybridized carbons (Fsp3) is 0.0769. The molecule has 0 saturated carbocycles. The van der Waals surface area contributed by atoms with E-state index in [1.54, 1.807) is 6.26 Å². The number of benzene rings is 1. The molecule has 0 spiro atoms. The lowest BCUT2D eigenvalue weighted by molar-refractivity contribution is 0.474. The van der Waals surface area contributed by atoms with E-state index in [1.165, 1.54) is 11.8 Å². The van der Waals surface area contributed by atoms with Crippen LogP contribution in [0.15, 0.2) is 57.3 Å². The van der Waals surface area contributed by atoms with Gasteiger partial charge in [-0.2, -0.15) is 4.98 Å². The van der Waals surface area contributed by atoms with Gasteiger partial charge in [0.25, 0.3) is 0 Å². The minimum Gasteiger partial charge on any atom is -0.458 e. The number of furan rings is 1. The first kappa shape index (κ1) is 11.9. The zero-order valence-corrected chi connectivity index (χ0v) is 11.1. The lowest BCUT2D eigenvalue weighted by Crippen LogP contribution is -1.94. The van der Waals surface area contributed by atoms with Crippen LogP contribution in [0.1, 0.15) is 5.56 Å². The molecule has 2 aromatic heterocycles. The topological polar surface area (TPSA) is 66.7 Å². The first-order chi connectivity index (χ1) is 9.31. The molecular formula is C13H12N4OS. The molecule has 2 heterocycles. The predicted molar refractivity (Wildman–Crippen MR) is 73.7 cm³/mol. The van der Waals surface area contributed by atoms with Gasteiger partial charge in [-0.05, 0) is 42.4 Å². The van der Waals surface area contributed by atoms with E-state index in [-0.39, 0.29) is 0 Å². The Kier molecular flexibility index (Phi) is 3.24. The van der Waals surface area contributed by atoms with Crippen molar-refractivity contribution in [2.75, 3.05) is 5.32 Å². The third-order valence-corrected chi connectivity index (χ3v) is 3.35. The number of nitrogens with zero attached hydrogens (tertiary/aromatic N) is 2. The van der Waals surface area contributed by atoms with Gasteiger partial charge < -0.3 is 9.73 Å². The summed E-state index contributed by atoms with van der Waals surface area (Å²) in [6, 6.07) is 11.7. The van der Waals surface area contributed by atoms with E-state index in [2.05, 4.69) is 20.5 Å². The Labute approximate surface area is 114 Å². The highest BCUT2D eigenvalue weighted by atomic mass is 32.2. The van der Waals surface area contributed by atoms with Crippen molar-refractivity contribution in [3.63, 3.8) is 0 Å². The van der Waals surface area contributed by atoms with Gasteiger partial charge in [-0.15, -0.1) is 5.10 Å². The highest BCUT2D eigenvalue weighted by Gasteiger charge is 2.07. The monoisotopic (exact) mass is 272 g/mol. The van der Waals surface area contributed by atoms with E-state index in [0.29, 0.717) is 11.1 Å². The third-order valence-electron chi connectivity index (χ3n) is 2.55. The van der Waals surface area contributed by atoms with Crippen molar-refractivity contribution in [3.05, 3.63) is 48.2 Å². The lowest BCUT2D eigenvalue weighted by Gasteiger charge is -2.04. The van der Waals surface area contributed by atoms with E-state index in [9.17, 15) is 0 Å². The Balaban J connectivity index is 1.73. The summed E-state index contributed by atoms with van der Waals surface area (Å²) < 4.78 is 5.23. The number of H-pyrrole nitrogens is 1.